The van der Waals surface area contributed by atoms with E-state index in [0.29, 0.717) is 17.4 Å². The maximum absolute atomic E-state index is 12.9. The highest BCUT2D eigenvalue weighted by molar-refractivity contribution is 5.70. The Hall–Kier alpha value is -2.49. The Labute approximate surface area is 420 Å². The molecule has 0 heterocycles. The molecule has 9 nitrogen and oxygen atoms in total. The normalized spacial score (nSPS) is 13.0. The van der Waals surface area contributed by atoms with Gasteiger partial charge >= 0.3 is 11.9 Å². The summed E-state index contributed by atoms with van der Waals surface area (Å²) in [6, 6.07) is 0. The molecule has 0 bridgehead atoms. The van der Waals surface area contributed by atoms with Gasteiger partial charge in [0.15, 0.2) is 12.4 Å². The van der Waals surface area contributed by atoms with E-state index in [4.69, 9.17) is 18.9 Å². The second-order valence-electron chi connectivity index (χ2n) is 20.6. The van der Waals surface area contributed by atoms with Gasteiger partial charge < -0.3 is 33.3 Å². The molecule has 2 atom stereocenters. The van der Waals surface area contributed by atoms with E-state index in [1.54, 1.807) is 0 Å². The van der Waals surface area contributed by atoms with Crippen molar-refractivity contribution in [2.75, 3.05) is 47.5 Å². The van der Waals surface area contributed by atoms with Crippen molar-refractivity contribution in [1.82, 2.24) is 0 Å². The molecule has 0 aliphatic carbocycles. The summed E-state index contributed by atoms with van der Waals surface area (Å²) in [6.07, 6.45) is 57.6. The van der Waals surface area contributed by atoms with Crippen LogP contribution >= 0.6 is 0 Å². The predicted octanol–water partition coefficient (Wildman–Crippen LogP) is 15.2. The number of hydrogen-bond acceptors (Lipinski definition) is 8. The molecule has 0 saturated heterocycles. The summed E-state index contributed by atoms with van der Waals surface area (Å²) < 4.78 is 22.7. The van der Waals surface area contributed by atoms with Gasteiger partial charge in [0.05, 0.1) is 40.3 Å². The number of carbonyl (C=O) groups excluding carboxylic acids is 3. The number of aliphatic carboxylic acids is 1. The molecule has 0 radical (unpaired) electrons. The fraction of sp³-hybridized carbons (Fsp3) is 0.847. The summed E-state index contributed by atoms with van der Waals surface area (Å²) in [6.45, 7) is 4.75. The first kappa shape index (κ1) is 65.5. The first-order chi connectivity index (χ1) is 33.1. The van der Waals surface area contributed by atoms with Gasteiger partial charge in [-0.05, 0) is 70.6 Å². The van der Waals surface area contributed by atoms with E-state index < -0.39 is 24.3 Å². The minimum atomic E-state index is -1.62. The summed E-state index contributed by atoms with van der Waals surface area (Å²) in [5.41, 5.74) is 0. The number of hydrogen-bond donors (Lipinski definition) is 0. The number of rotatable bonds is 53. The predicted molar refractivity (Wildman–Crippen MR) is 283 cm³/mol. The third kappa shape index (κ3) is 51.4. The number of carboxylic acids is 1. The molecule has 0 fully saturated rings. The van der Waals surface area contributed by atoms with Crippen molar-refractivity contribution in [2.45, 2.75) is 277 Å². The van der Waals surface area contributed by atoms with Gasteiger partial charge in [0.1, 0.15) is 13.2 Å². The number of likely N-dealkylation sites (N-methyl/N-ethyl adjacent to an activating group) is 1. The largest absolute Gasteiger partial charge is 0.545 e. The fourth-order valence-corrected chi connectivity index (χ4v) is 8.15. The van der Waals surface area contributed by atoms with Crippen LogP contribution in [0.15, 0.2) is 36.5 Å². The second-order valence-corrected chi connectivity index (χ2v) is 20.6. The highest BCUT2D eigenvalue weighted by Gasteiger charge is 2.22. The van der Waals surface area contributed by atoms with E-state index in [-0.39, 0.29) is 38.6 Å². The molecule has 0 aromatic heterocycles. The molecule has 0 rings (SSSR count). The van der Waals surface area contributed by atoms with Crippen molar-refractivity contribution >= 4 is 17.9 Å². The van der Waals surface area contributed by atoms with Gasteiger partial charge in [0.2, 0.25) is 0 Å². The molecule has 0 aliphatic rings. The number of unbranched alkanes of at least 4 members (excludes halogenated alkanes) is 32. The number of allylic oxidation sites excluding steroid dienone is 6. The summed E-state index contributed by atoms with van der Waals surface area (Å²) in [5, 5.41) is 11.8. The summed E-state index contributed by atoms with van der Waals surface area (Å²) in [5.74, 6) is -2.28. The van der Waals surface area contributed by atoms with Crippen LogP contribution in [0.1, 0.15) is 264 Å². The van der Waals surface area contributed by atoms with Gasteiger partial charge in [-0.3, -0.25) is 9.59 Å². The molecule has 68 heavy (non-hydrogen) atoms. The quantitative estimate of drug-likeness (QED) is 0.0195. The molecule has 0 aromatic rings. The van der Waals surface area contributed by atoms with E-state index in [0.717, 1.165) is 57.8 Å². The van der Waals surface area contributed by atoms with Gasteiger partial charge in [0.25, 0.3) is 0 Å². The molecule has 9 heteroatoms. The van der Waals surface area contributed by atoms with Crippen LogP contribution in [-0.2, 0) is 33.3 Å². The number of quaternary nitrogens is 1. The van der Waals surface area contributed by atoms with Gasteiger partial charge in [-0.1, -0.05) is 217 Å². The number of carbonyl (C=O) groups is 3. The van der Waals surface area contributed by atoms with Crippen LogP contribution in [0.5, 0.6) is 0 Å². The van der Waals surface area contributed by atoms with Gasteiger partial charge in [-0.15, -0.1) is 0 Å². The number of esters is 2. The highest BCUT2D eigenvalue weighted by Crippen LogP contribution is 2.16. The number of ether oxygens (including phenoxy) is 4. The Morgan fingerprint density at radius 2 is 0.794 bits per heavy atom. The minimum Gasteiger partial charge on any atom is -0.545 e. The smallest absolute Gasteiger partial charge is 0.306 e. The third-order valence-corrected chi connectivity index (χ3v) is 12.6. The SMILES string of the molecule is CCCCCCC/C=C\C/C=C\CCCCCCCCCCCCCCCCCC(=O)OC(COC(=O)CCCCCCC/C=C\CCCCCCCCC)COC(OCC[N+](C)(C)C)C(=O)[O-]. The topological polar surface area (TPSA) is 111 Å². The van der Waals surface area contributed by atoms with Gasteiger partial charge in [0, 0.05) is 12.8 Å². The van der Waals surface area contributed by atoms with E-state index in [1.165, 1.54) is 173 Å². The molecular formula is C59H109NO8. The van der Waals surface area contributed by atoms with Crippen molar-refractivity contribution in [3.8, 4) is 0 Å². The Kier molecular flexibility index (Phi) is 49.0. The Balaban J connectivity index is 4.20. The fourth-order valence-electron chi connectivity index (χ4n) is 8.15. The Morgan fingerprint density at radius 3 is 1.18 bits per heavy atom. The molecule has 0 amide bonds. The first-order valence-corrected chi connectivity index (χ1v) is 28.6. The lowest BCUT2D eigenvalue weighted by molar-refractivity contribution is -0.870. The molecular weight excluding hydrogens is 851 g/mol. The average molecular weight is 961 g/mol. The Morgan fingerprint density at radius 1 is 0.441 bits per heavy atom. The van der Waals surface area contributed by atoms with Crippen molar-refractivity contribution in [3.05, 3.63) is 36.5 Å². The monoisotopic (exact) mass is 960 g/mol. The van der Waals surface area contributed by atoms with Crippen LogP contribution in [0, 0.1) is 0 Å². The summed E-state index contributed by atoms with van der Waals surface area (Å²) in [4.78, 5) is 37.2. The lowest BCUT2D eigenvalue weighted by Gasteiger charge is -2.26. The molecule has 398 valence electrons. The summed E-state index contributed by atoms with van der Waals surface area (Å²) >= 11 is 0. The van der Waals surface area contributed by atoms with Crippen LogP contribution < -0.4 is 5.11 Å². The van der Waals surface area contributed by atoms with Crippen LogP contribution in [0.2, 0.25) is 0 Å². The van der Waals surface area contributed by atoms with Crippen LogP contribution in [0.25, 0.3) is 0 Å². The van der Waals surface area contributed by atoms with Crippen molar-refractivity contribution < 1.29 is 42.9 Å². The molecule has 2 unspecified atom stereocenters. The molecule has 0 saturated carbocycles. The zero-order valence-electron chi connectivity index (χ0n) is 45.2. The van der Waals surface area contributed by atoms with E-state index in [1.807, 2.05) is 21.1 Å². The van der Waals surface area contributed by atoms with E-state index in [2.05, 4.69) is 50.3 Å². The van der Waals surface area contributed by atoms with Crippen LogP contribution in [0.4, 0.5) is 0 Å². The standard InChI is InChI=1S/C59H109NO8/c1-6-8-10-12-14-16-18-20-22-24-25-26-27-28-29-30-31-32-33-34-36-38-40-42-44-46-48-50-57(62)68-55(54-67-59(58(63)64)65-52-51-60(3,4)5)53-66-56(61)49-47-45-43-41-39-37-35-23-21-19-17-15-13-11-9-7-2/h18,20,23-25,35,55,59H,6-17,19,21-22,26-34,36-54H2,1-5H3/b20-18-,25-24-,35-23-. The van der Waals surface area contributed by atoms with Crippen LogP contribution in [0.3, 0.4) is 0 Å². The van der Waals surface area contributed by atoms with Crippen LogP contribution in [-0.4, -0.2) is 82.3 Å². The zero-order valence-corrected chi connectivity index (χ0v) is 45.2. The lowest BCUT2D eigenvalue weighted by atomic mass is 10.0. The van der Waals surface area contributed by atoms with Crippen molar-refractivity contribution in [3.63, 3.8) is 0 Å². The third-order valence-electron chi connectivity index (χ3n) is 12.6. The molecule has 0 aromatic carbocycles. The molecule has 0 spiro atoms. The maximum Gasteiger partial charge on any atom is 0.306 e. The maximum atomic E-state index is 12.9. The van der Waals surface area contributed by atoms with Crippen molar-refractivity contribution in [2.24, 2.45) is 0 Å². The number of nitrogens with zero attached hydrogens (tertiary/aromatic N) is 1. The Bertz CT molecular complexity index is 1210. The highest BCUT2D eigenvalue weighted by atomic mass is 16.7. The first-order valence-electron chi connectivity index (χ1n) is 28.6. The zero-order chi connectivity index (χ0) is 49.9. The average Bonchev–Trinajstić information content (AvgIpc) is 3.30. The van der Waals surface area contributed by atoms with Gasteiger partial charge in [-0.2, -0.15) is 0 Å². The molecule has 0 aliphatic heterocycles. The number of carboxylic acid groups (broad SMARTS) is 1. The molecule has 0 N–H and O–H groups in total. The van der Waals surface area contributed by atoms with E-state index >= 15 is 0 Å². The minimum absolute atomic E-state index is 0.147. The van der Waals surface area contributed by atoms with Gasteiger partial charge in [-0.25, -0.2) is 0 Å². The van der Waals surface area contributed by atoms with E-state index in [9.17, 15) is 19.5 Å². The lowest BCUT2D eigenvalue weighted by Crippen LogP contribution is -2.44. The van der Waals surface area contributed by atoms with Crippen molar-refractivity contribution in [1.29, 1.82) is 0 Å². The second kappa shape index (κ2) is 50.9. The summed E-state index contributed by atoms with van der Waals surface area (Å²) in [7, 11) is 5.92.